The van der Waals surface area contributed by atoms with Crippen LogP contribution in [0.25, 0.3) is 11.1 Å². The van der Waals surface area contributed by atoms with Gasteiger partial charge in [0.1, 0.15) is 6.04 Å². The zero-order valence-electron chi connectivity index (χ0n) is 10.8. The smallest absolute Gasteiger partial charge is 0.326 e. The molecule has 2 N–H and O–H groups in total. The van der Waals surface area contributed by atoms with Gasteiger partial charge in [-0.1, -0.05) is 36.4 Å². The molecule has 2 aromatic carbocycles. The number of hydrogen-bond donors (Lipinski definition) is 3. The van der Waals surface area contributed by atoms with Crippen molar-refractivity contribution in [2.24, 2.45) is 0 Å². The van der Waals surface area contributed by atoms with Gasteiger partial charge in [-0.15, -0.1) is 0 Å². The van der Waals surface area contributed by atoms with Gasteiger partial charge in [-0.05, 0) is 28.3 Å². The van der Waals surface area contributed by atoms with E-state index in [2.05, 4.69) is 36.1 Å². The van der Waals surface area contributed by atoms with Crippen LogP contribution in [0.3, 0.4) is 0 Å². The molecule has 3 rings (SSSR count). The third-order valence-corrected chi connectivity index (χ3v) is 4.03. The number of carbonyl (C=O) groups is 1. The molecule has 20 heavy (non-hydrogen) atoms. The molecule has 1 aliphatic rings. The van der Waals surface area contributed by atoms with Gasteiger partial charge in [0.25, 0.3) is 0 Å². The van der Waals surface area contributed by atoms with Crippen LogP contribution in [-0.4, -0.2) is 22.9 Å². The van der Waals surface area contributed by atoms with E-state index in [1.165, 1.54) is 22.3 Å². The van der Waals surface area contributed by atoms with Crippen LogP contribution >= 0.6 is 12.6 Å². The largest absolute Gasteiger partial charge is 0.480 e. The van der Waals surface area contributed by atoms with Crippen LogP contribution in [0.15, 0.2) is 42.5 Å². The standard InChI is InChI=1S/C16H15NO2S/c18-16(19)15(9-20)17-14-7-3-6-12-11-5-2-1-4-10(11)8-13(12)14/h1-7,15,17,20H,8-9H2,(H,18,19)/t15-/m1/s1. The van der Waals surface area contributed by atoms with Crippen molar-refractivity contribution in [2.75, 3.05) is 11.1 Å². The maximum absolute atomic E-state index is 11.1. The van der Waals surface area contributed by atoms with Crippen molar-refractivity contribution in [1.29, 1.82) is 0 Å². The molecule has 2 aromatic rings. The van der Waals surface area contributed by atoms with E-state index in [-0.39, 0.29) is 5.75 Å². The van der Waals surface area contributed by atoms with E-state index in [0.29, 0.717) is 0 Å². The number of benzene rings is 2. The van der Waals surface area contributed by atoms with Crippen molar-refractivity contribution in [3.8, 4) is 11.1 Å². The van der Waals surface area contributed by atoms with Crippen molar-refractivity contribution >= 4 is 24.3 Å². The van der Waals surface area contributed by atoms with E-state index < -0.39 is 12.0 Å². The van der Waals surface area contributed by atoms with Gasteiger partial charge in [0.05, 0.1) is 0 Å². The monoisotopic (exact) mass is 285 g/mol. The Morgan fingerprint density at radius 2 is 1.95 bits per heavy atom. The first kappa shape index (κ1) is 13.1. The molecule has 0 heterocycles. The third kappa shape index (κ3) is 2.16. The van der Waals surface area contributed by atoms with Crippen molar-refractivity contribution in [2.45, 2.75) is 12.5 Å². The lowest BCUT2D eigenvalue weighted by Gasteiger charge is -2.16. The Morgan fingerprint density at radius 3 is 2.70 bits per heavy atom. The van der Waals surface area contributed by atoms with E-state index in [1.54, 1.807) is 0 Å². The minimum absolute atomic E-state index is 0.256. The summed E-state index contributed by atoms with van der Waals surface area (Å²) in [5.41, 5.74) is 5.77. The summed E-state index contributed by atoms with van der Waals surface area (Å²) in [4.78, 5) is 11.1. The lowest BCUT2D eigenvalue weighted by atomic mass is 10.0. The summed E-state index contributed by atoms with van der Waals surface area (Å²) in [6, 6.07) is 13.6. The molecule has 0 unspecified atom stereocenters. The molecule has 0 amide bonds. The summed E-state index contributed by atoms with van der Waals surface area (Å²) in [5, 5.41) is 12.2. The first-order valence-electron chi connectivity index (χ1n) is 6.51. The summed E-state index contributed by atoms with van der Waals surface area (Å²) in [5.74, 6) is -0.625. The van der Waals surface area contributed by atoms with Crippen molar-refractivity contribution in [3.63, 3.8) is 0 Å². The highest BCUT2D eigenvalue weighted by Gasteiger charge is 2.23. The number of aliphatic carboxylic acids is 1. The van der Waals surface area contributed by atoms with Crippen LogP contribution in [0.1, 0.15) is 11.1 Å². The van der Waals surface area contributed by atoms with Gasteiger partial charge >= 0.3 is 5.97 Å². The molecule has 1 atom stereocenters. The normalized spacial score (nSPS) is 13.4. The molecule has 1 aliphatic carbocycles. The maximum atomic E-state index is 11.1. The fraction of sp³-hybridized carbons (Fsp3) is 0.188. The lowest BCUT2D eigenvalue weighted by molar-refractivity contribution is -0.137. The van der Waals surface area contributed by atoms with Crippen molar-refractivity contribution in [3.05, 3.63) is 53.6 Å². The van der Waals surface area contributed by atoms with Crippen LogP contribution in [0.4, 0.5) is 5.69 Å². The van der Waals surface area contributed by atoms with Gasteiger partial charge in [-0.2, -0.15) is 12.6 Å². The second-order valence-corrected chi connectivity index (χ2v) is 5.25. The molecule has 3 nitrogen and oxygen atoms in total. The SMILES string of the molecule is O=C(O)[C@@H](CS)Nc1cccc2c1Cc1ccccc1-2. The van der Waals surface area contributed by atoms with E-state index in [9.17, 15) is 4.79 Å². The Labute approximate surface area is 123 Å². The molecule has 4 heteroatoms. The summed E-state index contributed by atoms with van der Waals surface area (Å²) >= 11 is 4.10. The van der Waals surface area contributed by atoms with Gasteiger partial charge in [0, 0.05) is 17.9 Å². The molecule has 0 aliphatic heterocycles. The fourth-order valence-electron chi connectivity index (χ4n) is 2.67. The van der Waals surface area contributed by atoms with Gasteiger partial charge in [-0.3, -0.25) is 0 Å². The van der Waals surface area contributed by atoms with Gasteiger partial charge in [-0.25, -0.2) is 4.79 Å². The van der Waals surface area contributed by atoms with E-state index in [0.717, 1.165) is 12.1 Å². The number of carboxylic acids is 1. The topological polar surface area (TPSA) is 49.3 Å². The minimum atomic E-state index is -0.881. The second kappa shape index (κ2) is 5.21. The quantitative estimate of drug-likeness (QED) is 0.646. The first-order valence-corrected chi connectivity index (χ1v) is 7.14. The van der Waals surface area contributed by atoms with E-state index >= 15 is 0 Å². The predicted molar refractivity (Wildman–Crippen MR) is 83.6 cm³/mol. The minimum Gasteiger partial charge on any atom is -0.480 e. The molecule has 0 spiro atoms. The summed E-state index contributed by atoms with van der Waals surface area (Å²) in [7, 11) is 0. The zero-order chi connectivity index (χ0) is 14.1. The maximum Gasteiger partial charge on any atom is 0.326 e. The highest BCUT2D eigenvalue weighted by atomic mass is 32.1. The molecule has 0 bridgehead atoms. The Hall–Kier alpha value is -1.94. The zero-order valence-corrected chi connectivity index (χ0v) is 11.7. The average molecular weight is 285 g/mol. The molecule has 0 saturated carbocycles. The molecular formula is C16H15NO2S. The Morgan fingerprint density at radius 1 is 1.20 bits per heavy atom. The number of hydrogen-bond acceptors (Lipinski definition) is 3. The Balaban J connectivity index is 1.99. The van der Waals surface area contributed by atoms with Crippen LogP contribution in [0, 0.1) is 0 Å². The molecule has 0 aromatic heterocycles. The number of rotatable bonds is 4. The molecule has 0 radical (unpaired) electrons. The van der Waals surface area contributed by atoms with Gasteiger partial charge < -0.3 is 10.4 Å². The van der Waals surface area contributed by atoms with Crippen LogP contribution in [0.5, 0.6) is 0 Å². The Bertz CT molecular complexity index is 669. The summed E-state index contributed by atoms with van der Waals surface area (Å²) in [6.45, 7) is 0. The van der Waals surface area contributed by atoms with Crippen molar-refractivity contribution < 1.29 is 9.90 Å². The van der Waals surface area contributed by atoms with Crippen LogP contribution in [0.2, 0.25) is 0 Å². The number of nitrogens with one attached hydrogen (secondary N) is 1. The average Bonchev–Trinajstić information content (AvgIpc) is 2.84. The third-order valence-electron chi connectivity index (χ3n) is 3.66. The molecule has 102 valence electrons. The summed E-state index contributed by atoms with van der Waals surface area (Å²) in [6.07, 6.45) is 0.841. The van der Waals surface area contributed by atoms with Gasteiger partial charge in [0.2, 0.25) is 0 Å². The Kier molecular flexibility index (Phi) is 3.40. The molecule has 0 saturated heterocycles. The molecular weight excluding hydrogens is 270 g/mol. The number of anilines is 1. The van der Waals surface area contributed by atoms with Crippen LogP contribution < -0.4 is 5.32 Å². The summed E-state index contributed by atoms with van der Waals surface area (Å²) < 4.78 is 0. The lowest BCUT2D eigenvalue weighted by Crippen LogP contribution is -2.31. The number of thiol groups is 1. The van der Waals surface area contributed by atoms with Crippen LogP contribution in [-0.2, 0) is 11.2 Å². The first-order chi connectivity index (χ1) is 9.70. The van der Waals surface area contributed by atoms with Crippen molar-refractivity contribution in [1.82, 2.24) is 0 Å². The van der Waals surface area contributed by atoms with E-state index in [4.69, 9.17) is 5.11 Å². The fourth-order valence-corrected chi connectivity index (χ4v) is 2.91. The highest BCUT2D eigenvalue weighted by molar-refractivity contribution is 7.80. The highest BCUT2D eigenvalue weighted by Crippen LogP contribution is 2.40. The molecule has 0 fully saturated rings. The predicted octanol–water partition coefficient (Wildman–Crippen LogP) is 3.05. The number of carboxylic acid groups (broad SMARTS) is 1. The van der Waals surface area contributed by atoms with Gasteiger partial charge in [0.15, 0.2) is 0 Å². The van der Waals surface area contributed by atoms with E-state index in [1.807, 2.05) is 24.3 Å². The second-order valence-electron chi connectivity index (χ2n) is 4.88. The number of fused-ring (bicyclic) bond motifs is 3.